The van der Waals surface area contributed by atoms with Crippen LogP contribution in [0.1, 0.15) is 27.2 Å². The number of rotatable bonds is 7. The molecule has 1 atom stereocenters. The Kier molecular flexibility index (Phi) is 8.44. The summed E-state index contributed by atoms with van der Waals surface area (Å²) >= 11 is 5.68. The molecular weight excluding hydrogens is 391 g/mol. The van der Waals surface area contributed by atoms with Gasteiger partial charge < -0.3 is 20.9 Å². The summed E-state index contributed by atoms with van der Waals surface area (Å²) < 4.78 is 46.4. The Balaban J connectivity index is 2.73. The second kappa shape index (κ2) is 10.1. The Morgan fingerprint density at radius 3 is 2.52 bits per heavy atom. The Hall–Kier alpha value is -2.40. The highest BCUT2D eigenvalue weighted by atomic mass is 35.5. The first kappa shape index (κ1) is 22.6. The summed E-state index contributed by atoms with van der Waals surface area (Å²) in [6, 6.07) is 3.50. The van der Waals surface area contributed by atoms with Gasteiger partial charge in [-0.15, -0.1) is 13.2 Å². The van der Waals surface area contributed by atoms with E-state index >= 15 is 0 Å². The monoisotopic (exact) mass is 411 g/mol. The van der Waals surface area contributed by atoms with Gasteiger partial charge in [0, 0.05) is 18.5 Å². The predicted molar refractivity (Wildman–Crippen MR) is 95.4 cm³/mol. The molecule has 0 radical (unpaired) electrons. The van der Waals surface area contributed by atoms with Gasteiger partial charge in [-0.1, -0.05) is 18.5 Å². The van der Waals surface area contributed by atoms with Crippen LogP contribution in [0.2, 0.25) is 5.02 Å². The lowest BCUT2D eigenvalue weighted by molar-refractivity contribution is -0.274. The van der Waals surface area contributed by atoms with E-state index in [-0.39, 0.29) is 28.7 Å². The maximum absolute atomic E-state index is 12.4. The molecule has 1 rings (SSSR count). The number of nitrogens with zero attached hydrogens (tertiary/aromatic N) is 2. The first-order chi connectivity index (χ1) is 12.5. The summed E-state index contributed by atoms with van der Waals surface area (Å²) in [7, 11) is 0. The van der Waals surface area contributed by atoms with E-state index in [0.717, 1.165) is 6.07 Å². The van der Waals surface area contributed by atoms with Gasteiger partial charge in [0.2, 0.25) is 18.2 Å². The minimum Gasteiger partial charge on any atom is -0.463 e. The van der Waals surface area contributed by atoms with Gasteiger partial charge in [-0.3, -0.25) is 0 Å². The van der Waals surface area contributed by atoms with Gasteiger partial charge in [0.15, 0.2) is 5.75 Å². The van der Waals surface area contributed by atoms with E-state index in [0.29, 0.717) is 6.42 Å². The number of hydrogen-bond donors (Lipinski definition) is 3. The van der Waals surface area contributed by atoms with E-state index in [1.54, 1.807) is 6.92 Å². The fourth-order valence-electron chi connectivity index (χ4n) is 1.67. The summed E-state index contributed by atoms with van der Waals surface area (Å²) in [5, 5.41) is -0.219. The molecule has 8 nitrogen and oxygen atoms in total. The zero-order valence-corrected chi connectivity index (χ0v) is 15.6. The topological polar surface area (TPSA) is 116 Å². The Bertz CT molecular complexity index is 683. The molecule has 0 aromatic heterocycles. The Morgan fingerprint density at radius 1 is 1.30 bits per heavy atom. The van der Waals surface area contributed by atoms with Crippen molar-refractivity contribution in [3.05, 3.63) is 23.2 Å². The van der Waals surface area contributed by atoms with Gasteiger partial charge in [-0.05, 0) is 26.0 Å². The molecule has 0 heterocycles. The van der Waals surface area contributed by atoms with Crippen molar-refractivity contribution in [1.29, 1.82) is 0 Å². The molecular formula is C15H21ClF3N5O3. The second-order valence-corrected chi connectivity index (χ2v) is 5.80. The molecule has 5 N–H and O–H groups in total. The predicted octanol–water partition coefficient (Wildman–Crippen LogP) is 2.91. The third-order valence-electron chi connectivity index (χ3n) is 2.65. The third kappa shape index (κ3) is 9.20. The normalized spacial score (nSPS) is 14.2. The zero-order chi connectivity index (χ0) is 20.6. The number of ether oxygens (including phenoxy) is 2. The van der Waals surface area contributed by atoms with Crippen LogP contribution in [-0.2, 0) is 4.84 Å². The maximum Gasteiger partial charge on any atom is 0.573 e. The van der Waals surface area contributed by atoms with Crippen LogP contribution in [0.15, 0.2) is 28.2 Å². The second-order valence-electron chi connectivity index (χ2n) is 5.39. The van der Waals surface area contributed by atoms with E-state index < -0.39 is 18.4 Å². The van der Waals surface area contributed by atoms with Crippen LogP contribution in [0, 0.1) is 0 Å². The number of aliphatic imine (C=N–C) groups is 2. The third-order valence-corrected chi connectivity index (χ3v) is 2.96. The smallest absolute Gasteiger partial charge is 0.463 e. The number of alkyl halides is 3. The molecule has 27 heavy (non-hydrogen) atoms. The number of guanidine groups is 2. The van der Waals surface area contributed by atoms with E-state index in [1.165, 1.54) is 12.1 Å². The van der Waals surface area contributed by atoms with Crippen LogP contribution in [0.3, 0.4) is 0 Å². The van der Waals surface area contributed by atoms with Gasteiger partial charge in [-0.25, -0.2) is 15.3 Å². The van der Waals surface area contributed by atoms with Gasteiger partial charge in [-0.2, -0.15) is 4.99 Å². The number of hydroxylamine groups is 1. The molecule has 1 unspecified atom stereocenters. The molecule has 152 valence electrons. The molecule has 0 saturated heterocycles. The van der Waals surface area contributed by atoms with Crippen molar-refractivity contribution in [2.45, 2.75) is 45.9 Å². The highest BCUT2D eigenvalue weighted by Gasteiger charge is 2.32. The van der Waals surface area contributed by atoms with Crippen molar-refractivity contribution < 1.29 is 27.5 Å². The fraction of sp³-hybridized carbons (Fsp3) is 0.467. The first-order valence-corrected chi connectivity index (χ1v) is 8.19. The number of hydrogen-bond acceptors (Lipinski definition) is 4. The molecule has 0 aliphatic rings. The zero-order valence-electron chi connectivity index (χ0n) is 14.9. The van der Waals surface area contributed by atoms with Gasteiger partial charge in [0.25, 0.3) is 0 Å². The van der Waals surface area contributed by atoms with Crippen LogP contribution >= 0.6 is 11.6 Å². The molecule has 0 aliphatic carbocycles. The van der Waals surface area contributed by atoms with Gasteiger partial charge >= 0.3 is 6.36 Å². The maximum atomic E-state index is 12.4. The molecule has 0 amide bonds. The minimum absolute atomic E-state index is 0.0424. The summed E-state index contributed by atoms with van der Waals surface area (Å²) in [6.07, 6.45) is -5.46. The molecule has 0 fully saturated rings. The summed E-state index contributed by atoms with van der Waals surface area (Å²) in [4.78, 5) is 12.9. The lowest BCUT2D eigenvalue weighted by Gasteiger charge is -2.19. The number of halogens is 4. The summed E-state index contributed by atoms with van der Waals surface area (Å²) in [5.74, 6) is -0.762. The molecule has 0 spiro atoms. The van der Waals surface area contributed by atoms with Crippen molar-refractivity contribution >= 4 is 23.5 Å². The van der Waals surface area contributed by atoms with E-state index in [9.17, 15) is 13.2 Å². The van der Waals surface area contributed by atoms with E-state index in [2.05, 4.69) is 20.2 Å². The average molecular weight is 412 g/mol. The first-order valence-electron chi connectivity index (χ1n) is 7.81. The van der Waals surface area contributed by atoms with Crippen LogP contribution in [0.25, 0.3) is 0 Å². The van der Waals surface area contributed by atoms with Crippen molar-refractivity contribution in [1.82, 2.24) is 5.48 Å². The quantitative estimate of drug-likeness (QED) is 0.275. The number of nitrogens with one attached hydrogen (secondary N) is 1. The number of benzene rings is 1. The average Bonchev–Trinajstić information content (AvgIpc) is 2.52. The SMILES string of the molecule is CCC(ONC(N)=NC(N)=NC(C)C)Oc1ccc(Cl)c(OC(F)(F)F)c1. The summed E-state index contributed by atoms with van der Waals surface area (Å²) in [6.45, 7) is 5.34. The van der Waals surface area contributed by atoms with Crippen LogP contribution in [0.5, 0.6) is 11.5 Å². The Labute approximate surface area is 159 Å². The lowest BCUT2D eigenvalue weighted by atomic mass is 10.3. The largest absolute Gasteiger partial charge is 0.573 e. The molecule has 12 heteroatoms. The van der Waals surface area contributed by atoms with Crippen molar-refractivity contribution in [2.24, 2.45) is 21.5 Å². The molecule has 0 aliphatic heterocycles. The minimum atomic E-state index is -4.88. The number of nitrogens with two attached hydrogens (primary N) is 2. The van der Waals surface area contributed by atoms with E-state index in [4.69, 9.17) is 32.6 Å². The lowest BCUT2D eigenvalue weighted by Crippen LogP contribution is -2.38. The van der Waals surface area contributed by atoms with Crippen molar-refractivity contribution in [3.8, 4) is 11.5 Å². The van der Waals surface area contributed by atoms with Gasteiger partial charge in [0.05, 0.1) is 5.02 Å². The highest BCUT2D eigenvalue weighted by molar-refractivity contribution is 6.32. The van der Waals surface area contributed by atoms with Crippen molar-refractivity contribution in [3.63, 3.8) is 0 Å². The summed E-state index contributed by atoms with van der Waals surface area (Å²) in [5.41, 5.74) is 13.5. The van der Waals surface area contributed by atoms with Crippen LogP contribution < -0.4 is 26.4 Å². The molecule has 0 saturated carbocycles. The van der Waals surface area contributed by atoms with Crippen molar-refractivity contribution in [2.75, 3.05) is 0 Å². The molecule has 1 aromatic carbocycles. The van der Waals surface area contributed by atoms with Crippen LogP contribution in [0.4, 0.5) is 13.2 Å². The fourth-order valence-corrected chi connectivity index (χ4v) is 1.82. The highest BCUT2D eigenvalue weighted by Crippen LogP contribution is 2.33. The van der Waals surface area contributed by atoms with Crippen LogP contribution in [-0.4, -0.2) is 30.6 Å². The molecule has 0 bridgehead atoms. The molecule has 1 aromatic rings. The Morgan fingerprint density at radius 2 is 1.96 bits per heavy atom. The van der Waals surface area contributed by atoms with E-state index in [1.807, 2.05) is 13.8 Å². The van der Waals surface area contributed by atoms with Gasteiger partial charge in [0.1, 0.15) is 5.75 Å². The standard InChI is InChI=1S/C15H21ClF3N5O3/c1-4-12(27-24-14(21)23-13(20)22-8(2)3)25-9-5-6-10(16)11(7-9)26-15(17,18)19/h5-8,12H,4H2,1-3H3,(H5,20,21,22,23,24).